The summed E-state index contributed by atoms with van der Waals surface area (Å²) in [5.41, 5.74) is 7.34. The van der Waals surface area contributed by atoms with Crippen LogP contribution in [0.25, 0.3) is 0 Å². The molecular weight excluding hydrogens is 254 g/mol. The van der Waals surface area contributed by atoms with Crippen LogP contribution in [0.4, 0.5) is 5.82 Å². The number of hydrogen-bond acceptors (Lipinski definition) is 5. The van der Waals surface area contributed by atoms with Gasteiger partial charge in [-0.2, -0.15) is 5.10 Å². The van der Waals surface area contributed by atoms with Crippen LogP contribution in [0.2, 0.25) is 0 Å². The minimum Gasteiger partial charge on any atom is -0.389 e. The maximum absolute atomic E-state index is 5.70. The second-order valence-electron chi connectivity index (χ2n) is 3.58. The molecule has 2 aromatic rings. The summed E-state index contributed by atoms with van der Waals surface area (Å²) in [4.78, 5) is 4.56. The summed E-state index contributed by atoms with van der Waals surface area (Å²) >= 11 is 6.64. The minimum absolute atomic E-state index is 0.359. The zero-order chi connectivity index (χ0) is 12.4. The average molecular weight is 267 g/mol. The smallest absolute Gasteiger partial charge is 0.134 e. The quantitative estimate of drug-likeness (QED) is 0.820. The van der Waals surface area contributed by atoms with Crippen molar-refractivity contribution in [3.63, 3.8) is 0 Å². The Morgan fingerprint density at radius 1 is 1.65 bits per heavy atom. The van der Waals surface area contributed by atoms with E-state index in [4.69, 9.17) is 18.0 Å². The molecule has 2 heterocycles. The van der Waals surface area contributed by atoms with Gasteiger partial charge in [0.1, 0.15) is 15.8 Å². The first-order chi connectivity index (χ1) is 8.09. The van der Waals surface area contributed by atoms with Crippen molar-refractivity contribution in [2.45, 2.75) is 13.5 Å². The molecule has 0 atom stereocenters. The Morgan fingerprint density at radius 2 is 2.41 bits per heavy atom. The van der Waals surface area contributed by atoms with Gasteiger partial charge in [0.2, 0.25) is 0 Å². The van der Waals surface area contributed by atoms with Crippen LogP contribution in [-0.4, -0.2) is 19.8 Å². The molecule has 0 aliphatic carbocycles. The van der Waals surface area contributed by atoms with Crippen LogP contribution >= 0.6 is 23.6 Å². The van der Waals surface area contributed by atoms with E-state index in [0.29, 0.717) is 11.5 Å². The van der Waals surface area contributed by atoms with Crippen molar-refractivity contribution in [2.75, 3.05) is 5.32 Å². The van der Waals surface area contributed by atoms with Crippen LogP contribution in [0.1, 0.15) is 16.3 Å². The van der Waals surface area contributed by atoms with Gasteiger partial charge >= 0.3 is 0 Å². The molecule has 0 aliphatic rings. The second kappa shape index (κ2) is 4.80. The molecule has 0 saturated heterocycles. The molecule has 2 rings (SSSR count). The van der Waals surface area contributed by atoms with E-state index in [1.165, 1.54) is 0 Å². The van der Waals surface area contributed by atoms with E-state index in [9.17, 15) is 0 Å². The number of nitrogens with two attached hydrogens (primary N) is 1. The fraction of sp³-hybridized carbons (Fsp3) is 0.300. The monoisotopic (exact) mass is 267 g/mol. The number of thiazole rings is 1. The molecule has 0 radical (unpaired) electrons. The fourth-order valence-corrected chi connectivity index (χ4v) is 2.46. The molecule has 3 N–H and O–H groups in total. The third kappa shape index (κ3) is 2.45. The maximum atomic E-state index is 5.70. The molecule has 5 nitrogen and oxygen atoms in total. The van der Waals surface area contributed by atoms with Gasteiger partial charge < -0.3 is 11.1 Å². The fourth-order valence-electron chi connectivity index (χ4n) is 1.66. The van der Waals surface area contributed by atoms with Gasteiger partial charge in [-0.1, -0.05) is 12.2 Å². The highest BCUT2D eigenvalue weighted by Crippen LogP contribution is 2.19. The molecule has 7 heteroatoms. The molecule has 0 saturated carbocycles. The summed E-state index contributed by atoms with van der Waals surface area (Å²) in [7, 11) is 1.86. The van der Waals surface area contributed by atoms with Crippen LogP contribution < -0.4 is 11.1 Å². The SMILES string of the molecule is Cc1nn(C)c(NCc2nccs2)c1C(N)=S. The lowest BCUT2D eigenvalue weighted by Gasteiger charge is -2.07. The summed E-state index contributed by atoms with van der Waals surface area (Å²) in [5, 5.41) is 10.5. The number of hydrogen-bond donors (Lipinski definition) is 2. The summed E-state index contributed by atoms with van der Waals surface area (Å²) in [6.07, 6.45) is 1.78. The van der Waals surface area contributed by atoms with Crippen LogP contribution in [-0.2, 0) is 13.6 Å². The van der Waals surface area contributed by atoms with Gasteiger partial charge in [0.15, 0.2) is 0 Å². The Balaban J connectivity index is 2.23. The molecular formula is C10H13N5S2. The third-order valence-electron chi connectivity index (χ3n) is 2.36. The zero-order valence-electron chi connectivity index (χ0n) is 9.60. The van der Waals surface area contributed by atoms with Gasteiger partial charge in [0.05, 0.1) is 17.8 Å². The maximum Gasteiger partial charge on any atom is 0.134 e. The van der Waals surface area contributed by atoms with Gasteiger partial charge in [-0.25, -0.2) is 4.98 Å². The van der Waals surface area contributed by atoms with Crippen LogP contribution in [0, 0.1) is 6.92 Å². The van der Waals surface area contributed by atoms with Gasteiger partial charge in [0.25, 0.3) is 0 Å². The van der Waals surface area contributed by atoms with Crippen molar-refractivity contribution >= 4 is 34.4 Å². The van der Waals surface area contributed by atoms with Crippen molar-refractivity contribution in [2.24, 2.45) is 12.8 Å². The number of nitrogens with one attached hydrogen (secondary N) is 1. The summed E-state index contributed by atoms with van der Waals surface area (Å²) in [6, 6.07) is 0. The van der Waals surface area contributed by atoms with E-state index in [-0.39, 0.29) is 0 Å². The van der Waals surface area contributed by atoms with E-state index >= 15 is 0 Å². The molecule has 0 unspecified atom stereocenters. The van der Waals surface area contributed by atoms with Gasteiger partial charge in [-0.15, -0.1) is 11.3 Å². The summed E-state index contributed by atoms with van der Waals surface area (Å²) in [5.74, 6) is 0.838. The molecule has 17 heavy (non-hydrogen) atoms. The van der Waals surface area contributed by atoms with E-state index in [1.807, 2.05) is 19.4 Å². The molecule has 0 fully saturated rings. The molecule has 0 aliphatic heterocycles. The highest BCUT2D eigenvalue weighted by Gasteiger charge is 2.15. The molecule has 90 valence electrons. The molecule has 0 bridgehead atoms. The van der Waals surface area contributed by atoms with Crippen molar-refractivity contribution < 1.29 is 0 Å². The number of nitrogens with zero attached hydrogens (tertiary/aromatic N) is 3. The second-order valence-corrected chi connectivity index (χ2v) is 5.00. The summed E-state index contributed by atoms with van der Waals surface area (Å²) in [6.45, 7) is 2.54. The number of rotatable bonds is 4. The van der Waals surface area contributed by atoms with E-state index in [1.54, 1.807) is 22.2 Å². The highest BCUT2D eigenvalue weighted by atomic mass is 32.1. The molecule has 0 spiro atoms. The first-order valence-corrected chi connectivity index (χ1v) is 6.34. The van der Waals surface area contributed by atoms with Crippen LogP contribution in [0.3, 0.4) is 0 Å². The lowest BCUT2D eigenvalue weighted by atomic mass is 10.2. The predicted octanol–water partition coefficient (Wildman–Crippen LogP) is 1.43. The third-order valence-corrected chi connectivity index (χ3v) is 3.34. The minimum atomic E-state index is 0.359. The zero-order valence-corrected chi connectivity index (χ0v) is 11.2. The average Bonchev–Trinajstić information content (AvgIpc) is 2.83. The Labute approximate surface area is 109 Å². The van der Waals surface area contributed by atoms with E-state index in [2.05, 4.69) is 15.4 Å². The standard InChI is InChI=1S/C10H13N5S2/c1-6-8(9(11)16)10(15(2)14-6)13-5-7-12-3-4-17-7/h3-4,13H,5H2,1-2H3,(H2,11,16). The predicted molar refractivity (Wildman–Crippen MR) is 73.3 cm³/mol. The van der Waals surface area contributed by atoms with Crippen LogP contribution in [0.5, 0.6) is 0 Å². The van der Waals surface area contributed by atoms with Crippen molar-refractivity contribution in [1.29, 1.82) is 0 Å². The molecule has 2 aromatic heterocycles. The molecule has 0 amide bonds. The first kappa shape index (κ1) is 12.0. The van der Waals surface area contributed by atoms with Crippen molar-refractivity contribution in [1.82, 2.24) is 14.8 Å². The number of anilines is 1. The Kier molecular flexibility index (Phi) is 3.39. The Morgan fingerprint density at radius 3 is 3.00 bits per heavy atom. The largest absolute Gasteiger partial charge is 0.389 e. The lowest BCUT2D eigenvalue weighted by Crippen LogP contribution is -2.14. The normalized spacial score (nSPS) is 10.5. The Bertz CT molecular complexity index is 529. The van der Waals surface area contributed by atoms with Gasteiger partial charge in [-0.3, -0.25) is 4.68 Å². The summed E-state index contributed by atoms with van der Waals surface area (Å²) < 4.78 is 1.75. The number of aryl methyl sites for hydroxylation is 2. The van der Waals surface area contributed by atoms with Crippen LogP contribution in [0.15, 0.2) is 11.6 Å². The molecule has 0 aromatic carbocycles. The number of thiocarbonyl (C=S) groups is 1. The highest BCUT2D eigenvalue weighted by molar-refractivity contribution is 7.80. The van der Waals surface area contributed by atoms with Gasteiger partial charge in [0, 0.05) is 18.6 Å². The topological polar surface area (TPSA) is 68.8 Å². The van der Waals surface area contributed by atoms with E-state index < -0.39 is 0 Å². The van der Waals surface area contributed by atoms with Crippen molar-refractivity contribution in [3.05, 3.63) is 27.8 Å². The lowest BCUT2D eigenvalue weighted by molar-refractivity contribution is 0.758. The first-order valence-electron chi connectivity index (χ1n) is 5.05. The van der Waals surface area contributed by atoms with Gasteiger partial charge in [-0.05, 0) is 6.92 Å². The number of aromatic nitrogens is 3. The van der Waals surface area contributed by atoms with E-state index in [0.717, 1.165) is 22.1 Å². The Hall–Kier alpha value is -1.47. The van der Waals surface area contributed by atoms with Crippen molar-refractivity contribution in [3.8, 4) is 0 Å².